The summed E-state index contributed by atoms with van der Waals surface area (Å²) in [4.78, 5) is 4.60. The molecule has 5 heteroatoms. The number of aliphatic hydroxyl groups is 1. The summed E-state index contributed by atoms with van der Waals surface area (Å²) in [5.74, 6) is 0. The van der Waals surface area contributed by atoms with E-state index in [1.165, 1.54) is 11.8 Å². The molecule has 4 nitrogen and oxygen atoms in total. The zero-order valence-corrected chi connectivity index (χ0v) is 9.11. The van der Waals surface area contributed by atoms with Crippen molar-refractivity contribution in [3.8, 4) is 6.19 Å². The van der Waals surface area contributed by atoms with E-state index in [1.807, 2.05) is 36.4 Å². The zero-order valence-electron chi connectivity index (χ0n) is 8.29. The summed E-state index contributed by atoms with van der Waals surface area (Å²) in [6, 6.07) is 9.66. The highest BCUT2D eigenvalue weighted by Crippen LogP contribution is 2.30. The summed E-state index contributed by atoms with van der Waals surface area (Å²) in [6.45, 7) is 0. The zero-order chi connectivity index (χ0) is 11.4. The Kier molecular flexibility index (Phi) is 3.25. The lowest BCUT2D eigenvalue weighted by molar-refractivity contribution is 0.233. The summed E-state index contributed by atoms with van der Waals surface area (Å²) in [5, 5.41) is 20.9. The van der Waals surface area contributed by atoms with Gasteiger partial charge in [-0.3, -0.25) is 5.32 Å². The van der Waals surface area contributed by atoms with Crippen molar-refractivity contribution in [2.75, 3.05) is 0 Å². The Morgan fingerprint density at radius 3 is 2.88 bits per heavy atom. The summed E-state index contributed by atoms with van der Waals surface area (Å²) in [7, 11) is 0. The molecule has 1 heterocycles. The normalized spacial score (nSPS) is 21.6. The molecule has 0 aliphatic carbocycles. The van der Waals surface area contributed by atoms with Gasteiger partial charge in [0.05, 0.1) is 0 Å². The molecule has 0 aromatic heterocycles. The van der Waals surface area contributed by atoms with Gasteiger partial charge in [-0.1, -0.05) is 42.1 Å². The first kappa shape index (κ1) is 10.7. The molecule has 1 aliphatic heterocycles. The van der Waals surface area contributed by atoms with Crippen LogP contribution in [-0.4, -0.2) is 16.5 Å². The number of nitrogens with one attached hydrogen (secondary N) is 1. The molecule has 1 aliphatic rings. The van der Waals surface area contributed by atoms with Crippen LogP contribution in [0.25, 0.3) is 6.08 Å². The minimum atomic E-state index is -0.874. The molecule has 0 amide bonds. The van der Waals surface area contributed by atoms with Crippen LogP contribution in [0.3, 0.4) is 0 Å². The van der Waals surface area contributed by atoms with Crippen molar-refractivity contribution < 1.29 is 5.11 Å². The summed E-state index contributed by atoms with van der Waals surface area (Å²) >= 11 is 1.27. The van der Waals surface area contributed by atoms with Crippen LogP contribution in [0.5, 0.6) is 0 Å². The number of hydrogen-bond donors (Lipinski definition) is 2. The average Bonchev–Trinajstić information content (AvgIpc) is 2.61. The van der Waals surface area contributed by atoms with E-state index in [0.29, 0.717) is 10.1 Å². The largest absolute Gasteiger partial charge is 0.367 e. The number of aliphatic hydroxyl groups excluding tert-OH is 1. The van der Waals surface area contributed by atoms with Crippen LogP contribution >= 0.6 is 11.8 Å². The summed E-state index contributed by atoms with van der Waals surface area (Å²) in [6.07, 6.45) is 2.75. The Hall–Kier alpha value is -1.77. The van der Waals surface area contributed by atoms with E-state index in [-0.39, 0.29) is 0 Å². The number of benzene rings is 1. The highest BCUT2D eigenvalue weighted by atomic mass is 32.2. The standard InChI is InChI=1S/C11H9N3OS/c12-7-13-11-14-10(15)9(16-11)6-8-4-2-1-3-5-8/h1-6,10,15H,(H,13,14). The fourth-order valence-electron chi connectivity index (χ4n) is 1.29. The van der Waals surface area contributed by atoms with E-state index in [2.05, 4.69) is 10.3 Å². The maximum absolute atomic E-state index is 9.62. The molecule has 0 saturated heterocycles. The van der Waals surface area contributed by atoms with Gasteiger partial charge in [-0.25, -0.2) is 4.99 Å². The van der Waals surface area contributed by atoms with E-state index in [0.717, 1.165) is 5.56 Å². The van der Waals surface area contributed by atoms with Gasteiger partial charge in [-0.15, -0.1) is 0 Å². The molecule has 2 N–H and O–H groups in total. The Bertz CT molecular complexity index is 476. The predicted octanol–water partition coefficient (Wildman–Crippen LogP) is 1.52. The summed E-state index contributed by atoms with van der Waals surface area (Å²) in [5.41, 5.74) is 0.998. The van der Waals surface area contributed by atoms with Crippen molar-refractivity contribution in [3.63, 3.8) is 0 Å². The molecule has 16 heavy (non-hydrogen) atoms. The molecule has 80 valence electrons. The molecule has 1 aromatic rings. The van der Waals surface area contributed by atoms with Gasteiger partial charge in [-0.2, -0.15) is 5.26 Å². The van der Waals surface area contributed by atoms with Gasteiger partial charge in [0.1, 0.15) is 0 Å². The molecular weight excluding hydrogens is 222 g/mol. The number of hydrogen-bond acceptors (Lipinski definition) is 5. The second-order valence-corrected chi connectivity index (χ2v) is 4.17. The van der Waals surface area contributed by atoms with E-state index in [4.69, 9.17) is 5.26 Å². The lowest BCUT2D eigenvalue weighted by Gasteiger charge is -2.00. The molecule has 1 atom stereocenters. The molecule has 0 fully saturated rings. The first-order valence-electron chi connectivity index (χ1n) is 4.65. The fraction of sp³-hybridized carbons (Fsp3) is 0.0909. The van der Waals surface area contributed by atoms with Crippen LogP contribution in [0, 0.1) is 11.5 Å². The van der Waals surface area contributed by atoms with Gasteiger partial charge in [0.25, 0.3) is 0 Å². The number of thioether (sulfide) groups is 1. The Morgan fingerprint density at radius 2 is 2.19 bits per heavy atom. The van der Waals surface area contributed by atoms with E-state index < -0.39 is 6.23 Å². The van der Waals surface area contributed by atoms with Gasteiger partial charge in [0, 0.05) is 4.91 Å². The van der Waals surface area contributed by atoms with Crippen molar-refractivity contribution >= 4 is 23.0 Å². The molecule has 0 saturated carbocycles. The van der Waals surface area contributed by atoms with Crippen molar-refractivity contribution in [2.24, 2.45) is 4.99 Å². The number of rotatable bonds is 1. The lowest BCUT2D eigenvalue weighted by atomic mass is 10.2. The van der Waals surface area contributed by atoms with Crippen molar-refractivity contribution in [3.05, 3.63) is 40.8 Å². The number of nitrogens with zero attached hydrogens (tertiary/aromatic N) is 2. The topological polar surface area (TPSA) is 68.4 Å². The molecule has 1 aromatic carbocycles. The minimum Gasteiger partial charge on any atom is -0.367 e. The molecule has 1 unspecified atom stereocenters. The second-order valence-electron chi connectivity index (χ2n) is 3.10. The molecule has 0 bridgehead atoms. The molecule has 2 rings (SSSR count). The van der Waals surface area contributed by atoms with Crippen molar-refractivity contribution in [1.29, 1.82) is 5.26 Å². The van der Waals surface area contributed by atoms with Crippen LogP contribution in [0.4, 0.5) is 0 Å². The van der Waals surface area contributed by atoms with Gasteiger partial charge >= 0.3 is 0 Å². The third-order valence-corrected chi connectivity index (χ3v) is 2.95. The van der Waals surface area contributed by atoms with Crippen molar-refractivity contribution in [1.82, 2.24) is 5.32 Å². The molecule has 0 radical (unpaired) electrons. The van der Waals surface area contributed by atoms with Gasteiger partial charge in [-0.05, 0) is 11.6 Å². The highest BCUT2D eigenvalue weighted by molar-refractivity contribution is 8.17. The smallest absolute Gasteiger partial charge is 0.183 e. The number of aliphatic imine (C=N–C) groups is 1. The van der Waals surface area contributed by atoms with Crippen LogP contribution in [0.2, 0.25) is 0 Å². The summed E-state index contributed by atoms with van der Waals surface area (Å²) < 4.78 is 0. The third kappa shape index (κ3) is 2.42. The Labute approximate surface area is 97.3 Å². The van der Waals surface area contributed by atoms with Gasteiger partial charge in [0.15, 0.2) is 17.6 Å². The first-order valence-corrected chi connectivity index (χ1v) is 5.47. The fourth-order valence-corrected chi connectivity index (χ4v) is 2.11. The number of nitriles is 1. The SMILES string of the molecule is N#CNC1=NC(O)C(=Cc2ccccc2)S1. The van der Waals surface area contributed by atoms with Crippen LogP contribution < -0.4 is 5.32 Å². The monoisotopic (exact) mass is 231 g/mol. The Morgan fingerprint density at radius 1 is 1.44 bits per heavy atom. The van der Waals surface area contributed by atoms with E-state index >= 15 is 0 Å². The average molecular weight is 231 g/mol. The lowest BCUT2D eigenvalue weighted by Crippen LogP contribution is -2.10. The maximum Gasteiger partial charge on any atom is 0.183 e. The van der Waals surface area contributed by atoms with Crippen molar-refractivity contribution in [2.45, 2.75) is 6.23 Å². The molecule has 0 spiro atoms. The van der Waals surface area contributed by atoms with E-state index in [1.54, 1.807) is 6.19 Å². The van der Waals surface area contributed by atoms with Crippen LogP contribution in [0.15, 0.2) is 40.2 Å². The Balaban J connectivity index is 2.15. The molecular formula is C11H9N3OS. The van der Waals surface area contributed by atoms with Gasteiger partial charge < -0.3 is 5.11 Å². The first-order chi connectivity index (χ1) is 7.79. The predicted molar refractivity (Wildman–Crippen MR) is 64.2 cm³/mol. The minimum absolute atomic E-state index is 0.428. The third-order valence-electron chi connectivity index (χ3n) is 1.98. The van der Waals surface area contributed by atoms with Gasteiger partial charge in [0.2, 0.25) is 0 Å². The van der Waals surface area contributed by atoms with E-state index in [9.17, 15) is 5.11 Å². The number of amidine groups is 1. The van der Waals surface area contributed by atoms with Crippen LogP contribution in [-0.2, 0) is 0 Å². The van der Waals surface area contributed by atoms with Crippen LogP contribution in [0.1, 0.15) is 5.56 Å². The second kappa shape index (κ2) is 4.84. The quantitative estimate of drug-likeness (QED) is 0.568. The highest BCUT2D eigenvalue weighted by Gasteiger charge is 2.21. The maximum atomic E-state index is 9.62.